The predicted molar refractivity (Wildman–Crippen MR) is 45.7 cm³/mol. The van der Waals surface area contributed by atoms with Gasteiger partial charge in [-0.2, -0.15) is 5.26 Å². The summed E-state index contributed by atoms with van der Waals surface area (Å²) in [6.07, 6.45) is 5.99. The van der Waals surface area contributed by atoms with Gasteiger partial charge in [-0.15, -0.1) is 13.2 Å². The Kier molecular flexibility index (Phi) is 2.48. The highest BCUT2D eigenvalue weighted by Gasteiger charge is 2.32. The first-order valence-electron chi connectivity index (χ1n) is 3.98. The number of hydrogen-bond donors (Lipinski definition) is 0. The Morgan fingerprint density at radius 1 is 1.18 bits per heavy atom. The Morgan fingerprint density at radius 2 is 1.64 bits per heavy atom. The Labute approximate surface area is 68.0 Å². The van der Waals surface area contributed by atoms with Crippen molar-refractivity contribution in [2.24, 2.45) is 17.8 Å². The molecule has 0 radical (unpaired) electrons. The number of nitrogens with zero attached hydrogens (tertiary/aromatic N) is 1. The number of hydrogen-bond acceptors (Lipinski definition) is 1. The molecule has 0 aromatic carbocycles. The Morgan fingerprint density at radius 3 is 1.91 bits per heavy atom. The van der Waals surface area contributed by atoms with Crippen LogP contribution in [0.25, 0.3) is 0 Å². The number of nitriles is 1. The quantitative estimate of drug-likeness (QED) is 0.550. The van der Waals surface area contributed by atoms with Crippen molar-refractivity contribution in [3.8, 4) is 6.07 Å². The van der Waals surface area contributed by atoms with Crippen LogP contribution in [0.15, 0.2) is 25.3 Å². The monoisotopic (exact) mass is 147 g/mol. The molecular weight excluding hydrogens is 134 g/mol. The third kappa shape index (κ3) is 1.35. The van der Waals surface area contributed by atoms with E-state index in [4.69, 9.17) is 5.26 Å². The highest BCUT2D eigenvalue weighted by atomic mass is 14.4. The molecule has 1 aliphatic rings. The third-order valence-electron chi connectivity index (χ3n) is 2.51. The van der Waals surface area contributed by atoms with Crippen molar-refractivity contribution in [3.63, 3.8) is 0 Å². The lowest BCUT2D eigenvalue weighted by Gasteiger charge is -2.10. The fraction of sp³-hybridized carbons (Fsp3) is 0.500. The molecule has 2 unspecified atom stereocenters. The van der Waals surface area contributed by atoms with Gasteiger partial charge in [0.05, 0.1) is 12.0 Å². The highest BCUT2D eigenvalue weighted by Crippen LogP contribution is 2.37. The minimum absolute atomic E-state index is 0.130. The van der Waals surface area contributed by atoms with E-state index in [1.807, 2.05) is 12.2 Å². The third-order valence-corrected chi connectivity index (χ3v) is 2.51. The van der Waals surface area contributed by atoms with Crippen LogP contribution in [-0.2, 0) is 0 Å². The summed E-state index contributed by atoms with van der Waals surface area (Å²) in [4.78, 5) is 0. The zero-order chi connectivity index (χ0) is 8.27. The summed E-state index contributed by atoms with van der Waals surface area (Å²) in [5, 5.41) is 8.82. The molecule has 0 spiro atoms. The standard InChI is InChI=1S/C10H13N/c1-3-8-5-6-9(4-2)10(8)7-11/h3-4,8-10H,1-2,5-6H2. The van der Waals surface area contributed by atoms with Gasteiger partial charge in [0.15, 0.2) is 0 Å². The summed E-state index contributed by atoms with van der Waals surface area (Å²) >= 11 is 0. The number of rotatable bonds is 2. The van der Waals surface area contributed by atoms with Gasteiger partial charge in [0.2, 0.25) is 0 Å². The lowest BCUT2D eigenvalue weighted by atomic mass is 9.91. The molecule has 0 aromatic heterocycles. The van der Waals surface area contributed by atoms with Crippen molar-refractivity contribution >= 4 is 0 Å². The lowest BCUT2D eigenvalue weighted by Crippen LogP contribution is -2.08. The largest absolute Gasteiger partial charge is 0.198 e. The molecule has 0 amide bonds. The second-order valence-electron chi connectivity index (χ2n) is 3.03. The van der Waals surface area contributed by atoms with Crippen LogP contribution in [-0.4, -0.2) is 0 Å². The van der Waals surface area contributed by atoms with E-state index in [1.165, 1.54) is 0 Å². The Hall–Kier alpha value is -1.03. The van der Waals surface area contributed by atoms with E-state index in [9.17, 15) is 0 Å². The van der Waals surface area contributed by atoms with Crippen LogP contribution in [0.3, 0.4) is 0 Å². The summed E-state index contributed by atoms with van der Waals surface area (Å²) < 4.78 is 0. The first-order chi connectivity index (χ1) is 5.33. The van der Waals surface area contributed by atoms with Gasteiger partial charge in [0.1, 0.15) is 0 Å². The maximum atomic E-state index is 8.82. The van der Waals surface area contributed by atoms with E-state index in [-0.39, 0.29) is 5.92 Å². The predicted octanol–water partition coefficient (Wildman–Crippen LogP) is 2.52. The fourth-order valence-corrected chi connectivity index (χ4v) is 1.78. The van der Waals surface area contributed by atoms with Crippen LogP contribution in [0.4, 0.5) is 0 Å². The normalized spacial score (nSPS) is 36.1. The highest BCUT2D eigenvalue weighted by molar-refractivity contribution is 5.07. The molecule has 0 N–H and O–H groups in total. The zero-order valence-electron chi connectivity index (χ0n) is 6.66. The SMILES string of the molecule is C=CC1CCC(C=C)C1C#N. The van der Waals surface area contributed by atoms with E-state index >= 15 is 0 Å². The van der Waals surface area contributed by atoms with Crippen LogP contribution >= 0.6 is 0 Å². The summed E-state index contributed by atoms with van der Waals surface area (Å²) in [5.41, 5.74) is 0. The summed E-state index contributed by atoms with van der Waals surface area (Å²) in [5.74, 6) is 0.913. The van der Waals surface area contributed by atoms with Crippen molar-refractivity contribution in [2.45, 2.75) is 12.8 Å². The van der Waals surface area contributed by atoms with Gasteiger partial charge in [-0.3, -0.25) is 0 Å². The molecule has 1 heteroatoms. The van der Waals surface area contributed by atoms with Crippen molar-refractivity contribution in [2.75, 3.05) is 0 Å². The smallest absolute Gasteiger partial charge is 0.0668 e. The first kappa shape index (κ1) is 8.07. The van der Waals surface area contributed by atoms with Crippen LogP contribution in [0.2, 0.25) is 0 Å². The molecule has 0 heterocycles. The van der Waals surface area contributed by atoms with Gasteiger partial charge >= 0.3 is 0 Å². The molecule has 2 atom stereocenters. The van der Waals surface area contributed by atoms with Gasteiger partial charge in [-0.05, 0) is 24.7 Å². The molecule has 1 saturated carbocycles. The molecule has 11 heavy (non-hydrogen) atoms. The van der Waals surface area contributed by atoms with E-state index in [0.29, 0.717) is 11.8 Å². The maximum absolute atomic E-state index is 8.82. The van der Waals surface area contributed by atoms with Crippen LogP contribution in [0.1, 0.15) is 12.8 Å². The number of allylic oxidation sites excluding steroid dienone is 2. The minimum atomic E-state index is 0.130. The molecule has 0 aliphatic heterocycles. The molecule has 0 saturated heterocycles. The molecule has 1 fully saturated rings. The molecule has 0 aromatic rings. The molecule has 58 valence electrons. The van der Waals surface area contributed by atoms with Crippen LogP contribution in [0.5, 0.6) is 0 Å². The minimum Gasteiger partial charge on any atom is -0.198 e. The second-order valence-corrected chi connectivity index (χ2v) is 3.03. The van der Waals surface area contributed by atoms with Crippen molar-refractivity contribution in [1.82, 2.24) is 0 Å². The Balaban J connectivity index is 2.71. The van der Waals surface area contributed by atoms with E-state index in [2.05, 4.69) is 19.2 Å². The fourth-order valence-electron chi connectivity index (χ4n) is 1.78. The van der Waals surface area contributed by atoms with Gasteiger partial charge in [0.25, 0.3) is 0 Å². The Bertz CT molecular complexity index is 183. The molecule has 0 bridgehead atoms. The van der Waals surface area contributed by atoms with Gasteiger partial charge in [-0.25, -0.2) is 0 Å². The summed E-state index contributed by atoms with van der Waals surface area (Å²) in [7, 11) is 0. The molecule has 1 aliphatic carbocycles. The summed E-state index contributed by atoms with van der Waals surface area (Å²) in [6.45, 7) is 7.45. The first-order valence-corrected chi connectivity index (χ1v) is 3.98. The molecule has 1 rings (SSSR count). The second kappa shape index (κ2) is 3.39. The van der Waals surface area contributed by atoms with E-state index < -0.39 is 0 Å². The van der Waals surface area contributed by atoms with Crippen molar-refractivity contribution in [3.05, 3.63) is 25.3 Å². The van der Waals surface area contributed by atoms with Crippen molar-refractivity contribution in [1.29, 1.82) is 5.26 Å². The molecular formula is C10H13N. The van der Waals surface area contributed by atoms with Gasteiger partial charge < -0.3 is 0 Å². The molecule has 1 nitrogen and oxygen atoms in total. The van der Waals surface area contributed by atoms with Crippen molar-refractivity contribution < 1.29 is 0 Å². The zero-order valence-corrected chi connectivity index (χ0v) is 6.66. The van der Waals surface area contributed by atoms with Gasteiger partial charge in [0, 0.05) is 0 Å². The maximum Gasteiger partial charge on any atom is 0.0668 e. The van der Waals surface area contributed by atoms with E-state index in [1.54, 1.807) is 0 Å². The summed E-state index contributed by atoms with van der Waals surface area (Å²) in [6, 6.07) is 2.32. The average Bonchev–Trinajstić information content (AvgIpc) is 2.45. The van der Waals surface area contributed by atoms with E-state index in [0.717, 1.165) is 12.8 Å². The average molecular weight is 147 g/mol. The van der Waals surface area contributed by atoms with Crippen LogP contribution in [0, 0.1) is 29.1 Å². The van der Waals surface area contributed by atoms with Crippen LogP contribution < -0.4 is 0 Å². The lowest BCUT2D eigenvalue weighted by molar-refractivity contribution is 0.505. The topological polar surface area (TPSA) is 23.8 Å². The van der Waals surface area contributed by atoms with Gasteiger partial charge in [-0.1, -0.05) is 12.2 Å².